The Balaban J connectivity index is 2.45. The highest BCUT2D eigenvalue weighted by Crippen LogP contribution is 2.25. The van der Waals surface area contributed by atoms with Gasteiger partial charge < -0.3 is 10.2 Å². The molecule has 0 heterocycles. The van der Waals surface area contributed by atoms with E-state index in [2.05, 4.69) is 5.32 Å². The van der Waals surface area contributed by atoms with Crippen LogP contribution in [-0.2, 0) is 26.2 Å². The van der Waals surface area contributed by atoms with Gasteiger partial charge in [-0.05, 0) is 51.0 Å². The van der Waals surface area contributed by atoms with Crippen LogP contribution < -0.4 is 9.62 Å². The number of carbonyl (C=O) groups is 2. The number of halogens is 2. The smallest absolute Gasteiger partial charge is 0.244 e. The first-order chi connectivity index (χ1) is 15.7. The summed E-state index contributed by atoms with van der Waals surface area (Å²) in [5, 5.41) is 2.63. The molecule has 0 aliphatic heterocycles. The first kappa shape index (κ1) is 27.6. The van der Waals surface area contributed by atoms with Gasteiger partial charge >= 0.3 is 0 Å². The molecule has 2 amide bonds. The van der Waals surface area contributed by atoms with Crippen LogP contribution >= 0.6 is 11.6 Å². The molecular formula is C24H31ClFN3O4S. The number of rotatable bonds is 9. The highest BCUT2D eigenvalue weighted by atomic mass is 35.5. The lowest BCUT2D eigenvalue weighted by Crippen LogP contribution is -2.55. The Labute approximate surface area is 205 Å². The van der Waals surface area contributed by atoms with Crippen LogP contribution in [0.3, 0.4) is 0 Å². The quantitative estimate of drug-likeness (QED) is 0.552. The standard InChI is InChI=1S/C24H31ClFN3O4S/c1-6-21(23(31)27-24(2,3)4)28(15-17-10-8-7-9-11-17)22(30)16-29(34(5,32)33)18-12-13-20(26)19(25)14-18/h7-14,21H,6,15-16H2,1-5H3,(H,27,31)/t21-/m0/s1. The van der Waals surface area contributed by atoms with Gasteiger partial charge in [0.1, 0.15) is 18.4 Å². The normalized spacial score (nSPS) is 12.7. The Morgan fingerprint density at radius 2 is 1.74 bits per heavy atom. The lowest BCUT2D eigenvalue weighted by molar-refractivity contribution is -0.141. The van der Waals surface area contributed by atoms with Crippen molar-refractivity contribution in [1.82, 2.24) is 10.2 Å². The van der Waals surface area contributed by atoms with Crippen LogP contribution in [0.25, 0.3) is 0 Å². The second-order valence-electron chi connectivity index (χ2n) is 9.04. The molecule has 1 N–H and O–H groups in total. The lowest BCUT2D eigenvalue weighted by Gasteiger charge is -2.34. The second kappa shape index (κ2) is 11.2. The average molecular weight is 512 g/mol. The fourth-order valence-corrected chi connectivity index (χ4v) is 4.42. The summed E-state index contributed by atoms with van der Waals surface area (Å²) in [6, 6.07) is 11.7. The first-order valence-corrected chi connectivity index (χ1v) is 13.0. The average Bonchev–Trinajstić information content (AvgIpc) is 2.72. The van der Waals surface area contributed by atoms with Crippen LogP contribution in [-0.4, -0.2) is 49.5 Å². The predicted molar refractivity (Wildman–Crippen MR) is 133 cm³/mol. The lowest BCUT2D eigenvalue weighted by atomic mass is 10.1. The van der Waals surface area contributed by atoms with E-state index in [9.17, 15) is 22.4 Å². The monoisotopic (exact) mass is 511 g/mol. The largest absolute Gasteiger partial charge is 0.350 e. The first-order valence-electron chi connectivity index (χ1n) is 10.8. The van der Waals surface area contributed by atoms with Crippen molar-refractivity contribution in [2.24, 2.45) is 0 Å². The predicted octanol–water partition coefficient (Wildman–Crippen LogP) is 3.97. The number of hydrogen-bond acceptors (Lipinski definition) is 4. The van der Waals surface area contributed by atoms with Crippen LogP contribution in [0.15, 0.2) is 48.5 Å². The molecule has 2 aromatic rings. The molecule has 2 rings (SSSR count). The summed E-state index contributed by atoms with van der Waals surface area (Å²) >= 11 is 5.85. The minimum absolute atomic E-state index is 0.0501. The van der Waals surface area contributed by atoms with Crippen LogP contribution in [0.1, 0.15) is 39.7 Å². The van der Waals surface area contributed by atoms with Crippen molar-refractivity contribution in [3.05, 3.63) is 64.9 Å². The summed E-state index contributed by atoms with van der Waals surface area (Å²) < 4.78 is 39.6. The number of anilines is 1. The minimum atomic E-state index is -3.93. The molecule has 0 spiro atoms. The van der Waals surface area contributed by atoms with Gasteiger partial charge in [0.2, 0.25) is 21.8 Å². The number of carbonyl (C=O) groups excluding carboxylic acids is 2. The number of nitrogens with zero attached hydrogens (tertiary/aromatic N) is 2. The van der Waals surface area contributed by atoms with Crippen molar-refractivity contribution in [1.29, 1.82) is 0 Å². The van der Waals surface area contributed by atoms with Gasteiger partial charge in [0, 0.05) is 12.1 Å². The zero-order valence-corrected chi connectivity index (χ0v) is 21.6. The zero-order chi connectivity index (χ0) is 25.7. The number of amides is 2. The van der Waals surface area contributed by atoms with Crippen LogP contribution in [0.5, 0.6) is 0 Å². The third kappa shape index (κ3) is 7.70. The number of sulfonamides is 1. The fourth-order valence-electron chi connectivity index (χ4n) is 3.41. The third-order valence-electron chi connectivity index (χ3n) is 4.95. The maximum atomic E-state index is 13.6. The van der Waals surface area contributed by atoms with E-state index in [0.29, 0.717) is 6.42 Å². The van der Waals surface area contributed by atoms with Gasteiger partial charge in [0.15, 0.2) is 0 Å². The molecule has 0 aliphatic carbocycles. The molecular weight excluding hydrogens is 481 g/mol. The van der Waals surface area contributed by atoms with E-state index < -0.39 is 39.9 Å². The molecule has 7 nitrogen and oxygen atoms in total. The summed E-state index contributed by atoms with van der Waals surface area (Å²) in [4.78, 5) is 28.0. The maximum Gasteiger partial charge on any atom is 0.244 e. The number of nitrogens with one attached hydrogen (secondary N) is 1. The Hall–Kier alpha value is -2.65. The Morgan fingerprint density at radius 3 is 2.24 bits per heavy atom. The maximum absolute atomic E-state index is 13.6. The molecule has 0 saturated heterocycles. The molecule has 0 fully saturated rings. The molecule has 2 aromatic carbocycles. The second-order valence-corrected chi connectivity index (χ2v) is 11.4. The Kier molecular flexibility index (Phi) is 9.08. The molecule has 1 atom stereocenters. The van der Waals surface area contributed by atoms with Gasteiger partial charge in [0.25, 0.3) is 0 Å². The van der Waals surface area contributed by atoms with Gasteiger partial charge in [-0.1, -0.05) is 48.9 Å². The van der Waals surface area contributed by atoms with E-state index in [0.717, 1.165) is 28.3 Å². The van der Waals surface area contributed by atoms with E-state index >= 15 is 0 Å². The number of hydrogen-bond donors (Lipinski definition) is 1. The highest BCUT2D eigenvalue weighted by Gasteiger charge is 2.33. The molecule has 0 saturated carbocycles. The van der Waals surface area contributed by atoms with E-state index in [1.807, 2.05) is 51.1 Å². The van der Waals surface area contributed by atoms with Crippen molar-refractivity contribution in [3.63, 3.8) is 0 Å². The van der Waals surface area contributed by atoms with Crippen LogP contribution in [0.2, 0.25) is 5.02 Å². The van der Waals surface area contributed by atoms with Crippen molar-refractivity contribution in [2.45, 2.75) is 52.2 Å². The van der Waals surface area contributed by atoms with Crippen molar-refractivity contribution in [3.8, 4) is 0 Å². The highest BCUT2D eigenvalue weighted by molar-refractivity contribution is 7.92. The summed E-state index contributed by atoms with van der Waals surface area (Å²) in [7, 11) is -3.93. The zero-order valence-electron chi connectivity index (χ0n) is 20.0. The molecule has 0 aliphatic rings. The topological polar surface area (TPSA) is 86.8 Å². The van der Waals surface area contributed by atoms with E-state index in [1.54, 1.807) is 6.92 Å². The minimum Gasteiger partial charge on any atom is -0.350 e. The Bertz CT molecular complexity index is 1120. The summed E-state index contributed by atoms with van der Waals surface area (Å²) in [5.74, 6) is -1.62. The molecule has 10 heteroatoms. The summed E-state index contributed by atoms with van der Waals surface area (Å²) in [5.41, 5.74) is 0.318. The third-order valence-corrected chi connectivity index (χ3v) is 6.38. The van der Waals surface area contributed by atoms with E-state index in [-0.39, 0.29) is 23.2 Å². The van der Waals surface area contributed by atoms with E-state index in [4.69, 9.17) is 11.6 Å². The Morgan fingerprint density at radius 1 is 1.12 bits per heavy atom. The summed E-state index contributed by atoms with van der Waals surface area (Å²) in [6.07, 6.45) is 1.27. The van der Waals surface area contributed by atoms with Gasteiger partial charge in [-0.2, -0.15) is 0 Å². The molecule has 0 unspecified atom stereocenters. The van der Waals surface area contributed by atoms with Gasteiger partial charge in [-0.3, -0.25) is 13.9 Å². The molecule has 0 aromatic heterocycles. The van der Waals surface area contributed by atoms with Crippen LogP contribution in [0, 0.1) is 5.82 Å². The van der Waals surface area contributed by atoms with E-state index in [1.165, 1.54) is 11.0 Å². The van der Waals surface area contributed by atoms with Crippen molar-refractivity contribution in [2.75, 3.05) is 17.1 Å². The van der Waals surface area contributed by atoms with Crippen molar-refractivity contribution >= 4 is 39.1 Å². The molecule has 0 bridgehead atoms. The SMILES string of the molecule is CC[C@@H](C(=O)NC(C)(C)C)N(Cc1ccccc1)C(=O)CN(c1ccc(F)c(Cl)c1)S(C)(=O)=O. The molecule has 186 valence electrons. The van der Waals surface area contributed by atoms with Gasteiger partial charge in [-0.25, -0.2) is 12.8 Å². The van der Waals surface area contributed by atoms with Gasteiger partial charge in [-0.15, -0.1) is 0 Å². The molecule has 0 radical (unpaired) electrons. The summed E-state index contributed by atoms with van der Waals surface area (Å²) in [6.45, 7) is 6.83. The fraction of sp³-hybridized carbons (Fsp3) is 0.417. The number of benzene rings is 2. The van der Waals surface area contributed by atoms with Crippen LogP contribution in [0.4, 0.5) is 10.1 Å². The van der Waals surface area contributed by atoms with Gasteiger partial charge in [0.05, 0.1) is 17.0 Å². The molecule has 34 heavy (non-hydrogen) atoms. The van der Waals surface area contributed by atoms with Crippen molar-refractivity contribution < 1.29 is 22.4 Å².